The largest absolute Gasteiger partial charge is 0.378 e. The molecule has 6 N–H and O–H groups in total. The Kier molecular flexibility index (Phi) is 8.44. The van der Waals surface area contributed by atoms with Crippen molar-refractivity contribution in [1.29, 1.82) is 0 Å². The number of aryl methyl sites for hydroxylation is 2. The molecule has 6 rings (SSSR count). The number of anilines is 8. The summed E-state index contributed by atoms with van der Waals surface area (Å²) in [6.07, 6.45) is 2.58. The molecule has 11 nitrogen and oxygen atoms in total. The first kappa shape index (κ1) is 27.2. The Bertz CT molecular complexity index is 1450. The molecule has 41 heavy (non-hydrogen) atoms. The number of hydrogen-bond donors (Lipinski definition) is 6. The maximum atomic E-state index is 5.42. The minimum atomic E-state index is 0.723. The molecule has 2 saturated heterocycles. The molecule has 216 valence electrons. The third-order valence-corrected chi connectivity index (χ3v) is 9.09. The number of aromatic nitrogens is 2. The van der Waals surface area contributed by atoms with E-state index in [1.807, 2.05) is 12.1 Å². The highest BCUT2D eigenvalue weighted by molar-refractivity contribution is 7.20. The first-order valence-electron chi connectivity index (χ1n) is 13.9. The van der Waals surface area contributed by atoms with Crippen LogP contribution in [0.5, 0.6) is 0 Å². The summed E-state index contributed by atoms with van der Waals surface area (Å²) < 4.78 is 5.42. The predicted octanol–water partition coefficient (Wildman–Crippen LogP) is 5.97. The minimum Gasteiger partial charge on any atom is -0.378 e. The van der Waals surface area contributed by atoms with E-state index in [1.54, 1.807) is 11.3 Å². The van der Waals surface area contributed by atoms with E-state index in [2.05, 4.69) is 103 Å². The standard InChI is InChI=1S/C28H36N10OS2/c1-19-18-22(30-33-25-9-10-26(40-25)37-11-3-4-12-37)6-7-23(19)31-29-21-5-8-24(20(2)17-21)32-34-27-35-36-28(41-27)38-13-15-39-16-14-38/h5-10,17-18,29-33H,3-4,11-16H2,1-2H3,(H,34,35). The van der Waals surface area contributed by atoms with Crippen LogP contribution in [0, 0.1) is 13.8 Å². The quantitative estimate of drug-likeness (QED) is 0.116. The number of hydrogen-bond acceptors (Lipinski definition) is 13. The van der Waals surface area contributed by atoms with Gasteiger partial charge in [0.25, 0.3) is 0 Å². The summed E-state index contributed by atoms with van der Waals surface area (Å²) in [7, 11) is 0. The van der Waals surface area contributed by atoms with Crippen LogP contribution in [-0.2, 0) is 4.74 Å². The Hall–Kier alpha value is -3.94. The van der Waals surface area contributed by atoms with Gasteiger partial charge < -0.3 is 30.8 Å². The highest BCUT2D eigenvalue weighted by Gasteiger charge is 2.16. The lowest BCUT2D eigenvalue weighted by molar-refractivity contribution is 0.122. The van der Waals surface area contributed by atoms with Crippen molar-refractivity contribution in [3.8, 4) is 0 Å². The normalized spacial score (nSPS) is 15.1. The van der Waals surface area contributed by atoms with Gasteiger partial charge in [-0.1, -0.05) is 22.7 Å². The van der Waals surface area contributed by atoms with Crippen molar-refractivity contribution >= 4 is 65.7 Å². The number of thiophene rings is 1. The van der Waals surface area contributed by atoms with E-state index < -0.39 is 0 Å². The van der Waals surface area contributed by atoms with Crippen molar-refractivity contribution < 1.29 is 4.74 Å². The average Bonchev–Trinajstić information content (AvgIpc) is 3.78. The molecule has 4 heterocycles. The van der Waals surface area contributed by atoms with Gasteiger partial charge in [-0.25, -0.2) is 0 Å². The Morgan fingerprint density at radius 3 is 2.00 bits per heavy atom. The second-order valence-electron chi connectivity index (χ2n) is 10.1. The predicted molar refractivity (Wildman–Crippen MR) is 173 cm³/mol. The topological polar surface area (TPSA) is 114 Å². The number of rotatable bonds is 11. The van der Waals surface area contributed by atoms with Gasteiger partial charge in [0.05, 0.1) is 41.0 Å². The van der Waals surface area contributed by atoms with Crippen molar-refractivity contribution in [2.24, 2.45) is 0 Å². The van der Waals surface area contributed by atoms with E-state index in [-0.39, 0.29) is 0 Å². The summed E-state index contributed by atoms with van der Waals surface area (Å²) in [5.74, 6) is 0. The molecule has 0 bridgehead atoms. The molecular formula is C28H36N10OS2. The Labute approximate surface area is 248 Å². The van der Waals surface area contributed by atoms with Crippen molar-refractivity contribution in [2.75, 3.05) is 81.7 Å². The number of benzene rings is 2. The van der Waals surface area contributed by atoms with E-state index in [9.17, 15) is 0 Å². The van der Waals surface area contributed by atoms with E-state index >= 15 is 0 Å². The van der Waals surface area contributed by atoms with Crippen LogP contribution in [0.2, 0.25) is 0 Å². The Balaban J connectivity index is 0.977. The maximum Gasteiger partial charge on any atom is 0.225 e. The summed E-state index contributed by atoms with van der Waals surface area (Å²) in [5.41, 5.74) is 25.9. The Morgan fingerprint density at radius 1 is 0.659 bits per heavy atom. The van der Waals surface area contributed by atoms with Gasteiger partial charge in [0.15, 0.2) is 0 Å². The van der Waals surface area contributed by atoms with Gasteiger partial charge >= 0.3 is 0 Å². The second-order valence-corrected chi connectivity index (χ2v) is 12.1. The van der Waals surface area contributed by atoms with Gasteiger partial charge in [-0.15, -0.1) is 10.2 Å². The molecule has 0 unspecified atom stereocenters. The lowest BCUT2D eigenvalue weighted by Crippen LogP contribution is -2.36. The van der Waals surface area contributed by atoms with Crippen LogP contribution in [0.1, 0.15) is 24.0 Å². The zero-order chi connectivity index (χ0) is 28.0. The van der Waals surface area contributed by atoms with Gasteiger partial charge in [0.2, 0.25) is 10.3 Å². The van der Waals surface area contributed by atoms with Crippen LogP contribution in [0.4, 0.5) is 43.0 Å². The van der Waals surface area contributed by atoms with Crippen LogP contribution in [0.3, 0.4) is 0 Å². The molecule has 2 fully saturated rings. The van der Waals surface area contributed by atoms with Gasteiger partial charge in [0.1, 0.15) is 5.00 Å². The zero-order valence-electron chi connectivity index (χ0n) is 23.3. The number of morpholine rings is 1. The molecule has 2 aromatic heterocycles. The minimum absolute atomic E-state index is 0.723. The summed E-state index contributed by atoms with van der Waals surface area (Å²) in [4.78, 5) is 4.65. The zero-order valence-corrected chi connectivity index (χ0v) is 24.9. The number of nitrogens with one attached hydrogen (secondary N) is 6. The summed E-state index contributed by atoms with van der Waals surface area (Å²) in [6, 6.07) is 16.7. The van der Waals surface area contributed by atoms with E-state index in [1.165, 1.54) is 29.2 Å². The van der Waals surface area contributed by atoms with Crippen molar-refractivity contribution in [3.05, 3.63) is 59.7 Å². The average molecular weight is 593 g/mol. The van der Waals surface area contributed by atoms with Crippen LogP contribution in [0.25, 0.3) is 0 Å². The second kappa shape index (κ2) is 12.7. The summed E-state index contributed by atoms with van der Waals surface area (Å²) in [6.45, 7) is 9.62. The fraction of sp³-hybridized carbons (Fsp3) is 0.357. The number of nitrogens with zero attached hydrogens (tertiary/aromatic N) is 4. The number of hydrazine groups is 3. The maximum absolute atomic E-state index is 5.42. The van der Waals surface area contributed by atoms with Gasteiger partial charge in [0, 0.05) is 26.2 Å². The van der Waals surface area contributed by atoms with E-state index in [4.69, 9.17) is 4.74 Å². The smallest absolute Gasteiger partial charge is 0.225 e. The molecule has 13 heteroatoms. The highest BCUT2D eigenvalue weighted by atomic mass is 32.1. The third kappa shape index (κ3) is 6.87. The molecule has 0 spiro atoms. The summed E-state index contributed by atoms with van der Waals surface area (Å²) >= 11 is 3.31. The molecule has 4 aromatic rings. The molecular weight excluding hydrogens is 557 g/mol. The molecule has 0 aliphatic carbocycles. The number of ether oxygens (including phenoxy) is 1. The molecule has 0 amide bonds. The van der Waals surface area contributed by atoms with Gasteiger partial charge in [-0.2, -0.15) is 0 Å². The molecule has 0 atom stereocenters. The Morgan fingerprint density at radius 2 is 1.32 bits per heavy atom. The fourth-order valence-electron chi connectivity index (χ4n) is 4.81. The monoisotopic (exact) mass is 592 g/mol. The van der Waals surface area contributed by atoms with Gasteiger partial charge in [-0.05, 0) is 86.3 Å². The van der Waals surface area contributed by atoms with Crippen molar-refractivity contribution in [3.63, 3.8) is 0 Å². The molecule has 2 aliphatic heterocycles. The van der Waals surface area contributed by atoms with Crippen LogP contribution >= 0.6 is 22.7 Å². The van der Waals surface area contributed by atoms with Crippen LogP contribution in [0.15, 0.2) is 48.5 Å². The lowest BCUT2D eigenvalue weighted by atomic mass is 10.2. The third-order valence-electron chi connectivity index (χ3n) is 7.13. The molecule has 0 saturated carbocycles. The SMILES string of the molecule is Cc1cc(NNc2ccc(N3CCCC3)s2)ccc1NNc1ccc(NNc2nnc(N3CCOCC3)s2)c(C)c1. The van der Waals surface area contributed by atoms with Crippen LogP contribution in [-0.4, -0.2) is 49.6 Å². The highest BCUT2D eigenvalue weighted by Crippen LogP contribution is 2.32. The fourth-order valence-corrected chi connectivity index (χ4v) is 6.47. The van der Waals surface area contributed by atoms with Crippen molar-refractivity contribution in [1.82, 2.24) is 10.2 Å². The lowest BCUT2D eigenvalue weighted by Gasteiger charge is -2.25. The summed E-state index contributed by atoms with van der Waals surface area (Å²) in [5, 5.41) is 12.6. The first-order chi connectivity index (χ1) is 20.1. The molecule has 0 radical (unpaired) electrons. The van der Waals surface area contributed by atoms with E-state index in [0.717, 1.165) is 88.5 Å². The van der Waals surface area contributed by atoms with E-state index in [0.29, 0.717) is 0 Å². The molecule has 2 aliphatic rings. The van der Waals surface area contributed by atoms with Crippen LogP contribution < -0.4 is 42.4 Å². The van der Waals surface area contributed by atoms with Gasteiger partial charge in [-0.3, -0.25) is 16.3 Å². The molecule has 2 aromatic carbocycles. The van der Waals surface area contributed by atoms with Crippen molar-refractivity contribution in [2.45, 2.75) is 26.7 Å². The first-order valence-corrected chi connectivity index (χ1v) is 15.5.